The number of hydrogen-bond acceptors (Lipinski definition) is 3. The Morgan fingerprint density at radius 1 is 1.29 bits per heavy atom. The number of rotatable bonds is 3. The smallest absolute Gasteiger partial charge is 0.465 e. The Morgan fingerprint density at radius 3 is 2.38 bits per heavy atom. The fourth-order valence-electron chi connectivity index (χ4n) is 2.10. The molecule has 1 aliphatic rings. The molecule has 1 fully saturated rings. The molecule has 21 heavy (non-hydrogen) atoms. The Balaban J connectivity index is 2.30. The van der Waals surface area contributed by atoms with Crippen molar-refractivity contribution in [3.8, 4) is 0 Å². The van der Waals surface area contributed by atoms with Crippen LogP contribution in [-0.4, -0.2) is 29.5 Å². The minimum absolute atomic E-state index is 0.148. The van der Waals surface area contributed by atoms with E-state index in [0.29, 0.717) is 5.02 Å². The summed E-state index contributed by atoms with van der Waals surface area (Å²) in [6, 6.07) is 5.27. The molecule has 1 amide bonds. The minimum atomic E-state index is -1.09. The topological polar surface area (TPSA) is 67.8 Å². The molecular weight excluding hydrogens is 292 g/mol. The summed E-state index contributed by atoms with van der Waals surface area (Å²) in [5, 5.41) is 11.6. The van der Waals surface area contributed by atoms with Crippen LogP contribution in [0.15, 0.2) is 18.2 Å². The Kier molecular flexibility index (Phi) is 4.24. The molecule has 2 rings (SSSR count). The van der Waals surface area contributed by atoms with Crippen LogP contribution in [-0.2, 0) is 15.9 Å². The van der Waals surface area contributed by atoms with E-state index >= 15 is 0 Å². The molecule has 1 aromatic rings. The number of nitrogens with one attached hydrogen (secondary N) is 1. The third-order valence-corrected chi connectivity index (χ3v) is 4.28. The molecule has 0 spiro atoms. The Bertz CT molecular complexity index is 546. The van der Waals surface area contributed by atoms with E-state index in [9.17, 15) is 4.79 Å². The normalized spacial score (nSPS) is 19.6. The van der Waals surface area contributed by atoms with Crippen LogP contribution < -0.4 is 10.8 Å². The van der Waals surface area contributed by atoms with Crippen LogP contribution in [0.3, 0.4) is 0 Å². The summed E-state index contributed by atoms with van der Waals surface area (Å²) in [5.41, 5.74) is 0.624. The average Bonchev–Trinajstić information content (AvgIpc) is 2.55. The second kappa shape index (κ2) is 5.52. The first-order valence-corrected chi connectivity index (χ1v) is 7.11. The van der Waals surface area contributed by atoms with Crippen molar-refractivity contribution in [3.63, 3.8) is 0 Å². The van der Waals surface area contributed by atoms with E-state index in [-0.39, 0.29) is 6.54 Å². The number of carboxylic acid groups (broad SMARTS) is 1. The molecule has 2 N–H and O–H groups in total. The maximum absolute atomic E-state index is 10.7. The van der Waals surface area contributed by atoms with Gasteiger partial charge in [-0.25, -0.2) is 4.79 Å². The van der Waals surface area contributed by atoms with Crippen LogP contribution in [0.1, 0.15) is 33.3 Å². The fraction of sp³-hybridized carbons (Fsp3) is 0.500. The zero-order chi connectivity index (χ0) is 15.8. The summed E-state index contributed by atoms with van der Waals surface area (Å²) in [6.07, 6.45) is -1.09. The first kappa shape index (κ1) is 16.1. The standard InChI is InChI=1S/C14H19BClNO4/c1-13(2)14(3,4)21-15(20-13)11-6-5-10(16)7-9(11)8-17-12(18)19/h5-7,17H,8H2,1-4H3,(H,18,19). The van der Waals surface area contributed by atoms with Crippen molar-refractivity contribution in [2.24, 2.45) is 0 Å². The zero-order valence-electron chi connectivity index (χ0n) is 12.6. The lowest BCUT2D eigenvalue weighted by Crippen LogP contribution is -2.41. The van der Waals surface area contributed by atoms with Gasteiger partial charge in [-0.15, -0.1) is 0 Å². The highest BCUT2D eigenvalue weighted by Crippen LogP contribution is 2.36. The van der Waals surface area contributed by atoms with Gasteiger partial charge in [-0.2, -0.15) is 0 Å². The number of hydrogen-bond donors (Lipinski definition) is 2. The number of amides is 1. The quantitative estimate of drug-likeness (QED) is 0.841. The predicted molar refractivity (Wildman–Crippen MR) is 82.0 cm³/mol. The molecule has 0 atom stereocenters. The second-order valence-corrected chi connectivity index (χ2v) is 6.53. The van der Waals surface area contributed by atoms with E-state index in [1.54, 1.807) is 12.1 Å². The van der Waals surface area contributed by atoms with Crippen LogP contribution in [0.5, 0.6) is 0 Å². The van der Waals surface area contributed by atoms with Gasteiger partial charge >= 0.3 is 13.2 Å². The number of carbonyl (C=O) groups is 1. The summed E-state index contributed by atoms with van der Waals surface area (Å²) in [6.45, 7) is 8.03. The maximum atomic E-state index is 10.7. The van der Waals surface area contributed by atoms with Crippen LogP contribution >= 0.6 is 11.6 Å². The molecule has 7 heteroatoms. The molecule has 0 bridgehead atoms. The molecule has 1 heterocycles. The van der Waals surface area contributed by atoms with Crippen molar-refractivity contribution < 1.29 is 19.2 Å². The summed E-state index contributed by atoms with van der Waals surface area (Å²) < 4.78 is 12.0. The maximum Gasteiger partial charge on any atom is 0.495 e. The highest BCUT2D eigenvalue weighted by molar-refractivity contribution is 6.62. The lowest BCUT2D eigenvalue weighted by Gasteiger charge is -2.32. The lowest BCUT2D eigenvalue weighted by molar-refractivity contribution is 0.00578. The Morgan fingerprint density at radius 2 is 1.86 bits per heavy atom. The molecule has 0 aliphatic carbocycles. The van der Waals surface area contributed by atoms with Gasteiger partial charge in [0.15, 0.2) is 0 Å². The number of benzene rings is 1. The van der Waals surface area contributed by atoms with E-state index < -0.39 is 24.4 Å². The van der Waals surface area contributed by atoms with Gasteiger partial charge in [0.1, 0.15) is 0 Å². The second-order valence-electron chi connectivity index (χ2n) is 6.09. The van der Waals surface area contributed by atoms with Gasteiger partial charge in [-0.05, 0) is 50.9 Å². The highest BCUT2D eigenvalue weighted by atomic mass is 35.5. The van der Waals surface area contributed by atoms with Crippen molar-refractivity contribution in [1.82, 2.24) is 5.32 Å². The van der Waals surface area contributed by atoms with Gasteiger partial charge in [0, 0.05) is 11.6 Å². The molecule has 114 valence electrons. The largest absolute Gasteiger partial charge is 0.495 e. The first-order chi connectivity index (χ1) is 9.62. The van der Waals surface area contributed by atoms with E-state index in [4.69, 9.17) is 26.0 Å². The average molecular weight is 312 g/mol. The first-order valence-electron chi connectivity index (χ1n) is 6.73. The molecule has 0 aromatic heterocycles. The summed E-state index contributed by atoms with van der Waals surface area (Å²) in [7, 11) is -0.544. The van der Waals surface area contributed by atoms with Crippen molar-refractivity contribution in [3.05, 3.63) is 28.8 Å². The van der Waals surface area contributed by atoms with Gasteiger partial charge < -0.3 is 19.7 Å². The third-order valence-electron chi connectivity index (χ3n) is 4.04. The van der Waals surface area contributed by atoms with Crippen LogP contribution in [0.25, 0.3) is 0 Å². The van der Waals surface area contributed by atoms with E-state index in [1.807, 2.05) is 33.8 Å². The monoisotopic (exact) mass is 311 g/mol. The summed E-state index contributed by atoms with van der Waals surface area (Å²) in [4.78, 5) is 10.7. The predicted octanol–water partition coefficient (Wildman–Crippen LogP) is 2.41. The Labute approximate surface area is 129 Å². The van der Waals surface area contributed by atoms with Crippen molar-refractivity contribution in [2.45, 2.75) is 45.4 Å². The zero-order valence-corrected chi connectivity index (χ0v) is 13.3. The molecule has 1 saturated heterocycles. The van der Waals surface area contributed by atoms with Gasteiger partial charge in [0.05, 0.1) is 11.2 Å². The van der Waals surface area contributed by atoms with Gasteiger partial charge in [-0.3, -0.25) is 0 Å². The van der Waals surface area contributed by atoms with Crippen LogP contribution in [0, 0.1) is 0 Å². The molecular formula is C14H19BClNO4. The van der Waals surface area contributed by atoms with Crippen molar-refractivity contribution in [1.29, 1.82) is 0 Å². The SMILES string of the molecule is CC1(C)OB(c2ccc(Cl)cc2CNC(=O)O)OC1(C)C. The van der Waals surface area contributed by atoms with Crippen LogP contribution in [0.4, 0.5) is 4.79 Å². The van der Waals surface area contributed by atoms with Crippen molar-refractivity contribution >= 4 is 30.3 Å². The van der Waals surface area contributed by atoms with Crippen LogP contribution in [0.2, 0.25) is 5.02 Å². The minimum Gasteiger partial charge on any atom is -0.465 e. The Hall–Kier alpha value is -1.24. The van der Waals surface area contributed by atoms with Gasteiger partial charge in [0.25, 0.3) is 0 Å². The summed E-state index contributed by atoms with van der Waals surface area (Å²) >= 11 is 5.99. The third kappa shape index (κ3) is 3.34. The van der Waals surface area contributed by atoms with Gasteiger partial charge in [0.2, 0.25) is 0 Å². The number of halogens is 1. The fourth-order valence-corrected chi connectivity index (χ4v) is 2.29. The van der Waals surface area contributed by atoms with E-state index in [0.717, 1.165) is 11.0 Å². The van der Waals surface area contributed by atoms with Crippen molar-refractivity contribution in [2.75, 3.05) is 0 Å². The van der Waals surface area contributed by atoms with E-state index in [2.05, 4.69) is 5.32 Å². The lowest BCUT2D eigenvalue weighted by atomic mass is 9.76. The molecule has 5 nitrogen and oxygen atoms in total. The molecule has 0 radical (unpaired) electrons. The van der Waals surface area contributed by atoms with E-state index in [1.165, 1.54) is 0 Å². The summed E-state index contributed by atoms with van der Waals surface area (Å²) in [5.74, 6) is 0. The highest BCUT2D eigenvalue weighted by Gasteiger charge is 2.52. The molecule has 1 aliphatic heterocycles. The molecule has 0 saturated carbocycles. The molecule has 1 aromatic carbocycles. The molecule has 0 unspecified atom stereocenters. The van der Waals surface area contributed by atoms with Gasteiger partial charge in [-0.1, -0.05) is 17.7 Å².